The van der Waals surface area contributed by atoms with E-state index in [1.807, 2.05) is 6.07 Å². The summed E-state index contributed by atoms with van der Waals surface area (Å²) in [5, 5.41) is 2.97. The third-order valence-electron chi connectivity index (χ3n) is 3.64. The average molecular weight is 283 g/mol. The van der Waals surface area contributed by atoms with E-state index in [2.05, 4.69) is 27.4 Å². The highest BCUT2D eigenvalue weighted by Gasteiger charge is 2.19. The summed E-state index contributed by atoms with van der Waals surface area (Å²) >= 11 is 0. The molecule has 0 radical (unpaired) electrons. The number of amides is 1. The number of furan rings is 1. The van der Waals surface area contributed by atoms with Gasteiger partial charge in [-0.2, -0.15) is 0 Å². The van der Waals surface area contributed by atoms with Crippen LogP contribution in [-0.2, 0) is 11.3 Å². The molecule has 108 valence electrons. The second-order valence-corrected chi connectivity index (χ2v) is 5.06. The first-order chi connectivity index (χ1) is 10.3. The number of hydrogen-bond donors (Lipinski definition) is 1. The first kappa shape index (κ1) is 13.5. The summed E-state index contributed by atoms with van der Waals surface area (Å²) in [6.07, 6.45) is 13.4. The molecular weight excluding hydrogens is 266 g/mol. The number of aromatic nitrogens is 2. The van der Waals surface area contributed by atoms with E-state index < -0.39 is 0 Å². The summed E-state index contributed by atoms with van der Waals surface area (Å²) in [7, 11) is 0. The van der Waals surface area contributed by atoms with E-state index in [1.165, 1.54) is 0 Å². The molecule has 0 unspecified atom stereocenters. The van der Waals surface area contributed by atoms with Gasteiger partial charge in [0.1, 0.15) is 0 Å². The molecule has 0 saturated heterocycles. The average Bonchev–Trinajstić information content (AvgIpc) is 3.08. The Hall–Kier alpha value is -2.43. The molecule has 21 heavy (non-hydrogen) atoms. The third kappa shape index (κ3) is 3.18. The number of carbonyl (C=O) groups is 1. The van der Waals surface area contributed by atoms with E-state index in [0.717, 1.165) is 36.2 Å². The number of nitrogens with one attached hydrogen (secondary N) is 1. The van der Waals surface area contributed by atoms with Crippen LogP contribution >= 0.6 is 0 Å². The standard InChI is InChI=1S/C16H17N3O2/c20-16(12-4-2-1-3-5-12)19-10-14-15(18-8-7-17-14)13-6-9-21-11-13/h1-2,6-9,11-12H,3-5,10H2,(H,19,20)/t12-/m1/s1. The molecule has 1 amide bonds. The smallest absolute Gasteiger partial charge is 0.223 e. The van der Waals surface area contributed by atoms with Gasteiger partial charge in [0, 0.05) is 23.9 Å². The van der Waals surface area contributed by atoms with Crippen LogP contribution in [0.1, 0.15) is 25.0 Å². The zero-order valence-electron chi connectivity index (χ0n) is 11.7. The van der Waals surface area contributed by atoms with Crippen molar-refractivity contribution < 1.29 is 9.21 Å². The van der Waals surface area contributed by atoms with Crippen molar-refractivity contribution in [1.82, 2.24) is 15.3 Å². The monoisotopic (exact) mass is 283 g/mol. The molecule has 2 heterocycles. The fourth-order valence-corrected chi connectivity index (χ4v) is 2.48. The van der Waals surface area contributed by atoms with E-state index in [-0.39, 0.29) is 11.8 Å². The molecule has 0 spiro atoms. The van der Waals surface area contributed by atoms with Crippen molar-refractivity contribution in [3.05, 3.63) is 48.8 Å². The van der Waals surface area contributed by atoms with Gasteiger partial charge in [0.25, 0.3) is 0 Å². The number of carbonyl (C=O) groups excluding carboxylic acids is 1. The van der Waals surface area contributed by atoms with Crippen molar-refractivity contribution in [2.75, 3.05) is 0 Å². The highest BCUT2D eigenvalue weighted by Crippen LogP contribution is 2.21. The summed E-state index contributed by atoms with van der Waals surface area (Å²) in [4.78, 5) is 20.8. The van der Waals surface area contributed by atoms with Crippen molar-refractivity contribution in [2.45, 2.75) is 25.8 Å². The molecule has 1 atom stereocenters. The Morgan fingerprint density at radius 3 is 3.00 bits per heavy atom. The van der Waals surface area contributed by atoms with E-state index in [0.29, 0.717) is 6.54 Å². The lowest BCUT2D eigenvalue weighted by Gasteiger charge is -2.17. The lowest BCUT2D eigenvalue weighted by Crippen LogP contribution is -2.31. The van der Waals surface area contributed by atoms with Crippen LogP contribution in [0, 0.1) is 5.92 Å². The molecule has 5 heteroatoms. The molecule has 5 nitrogen and oxygen atoms in total. The summed E-state index contributed by atoms with van der Waals surface area (Å²) in [6, 6.07) is 1.83. The molecule has 0 aromatic carbocycles. The molecule has 3 rings (SSSR count). The van der Waals surface area contributed by atoms with Crippen LogP contribution in [0.25, 0.3) is 11.3 Å². The van der Waals surface area contributed by atoms with Crippen LogP contribution in [0.5, 0.6) is 0 Å². The van der Waals surface area contributed by atoms with E-state index >= 15 is 0 Å². The maximum absolute atomic E-state index is 12.2. The molecule has 2 aromatic heterocycles. The molecule has 0 bridgehead atoms. The van der Waals surface area contributed by atoms with Gasteiger partial charge < -0.3 is 9.73 Å². The molecular formula is C16H17N3O2. The van der Waals surface area contributed by atoms with Crippen LogP contribution in [-0.4, -0.2) is 15.9 Å². The normalized spacial score (nSPS) is 17.6. The number of rotatable bonds is 4. The second-order valence-electron chi connectivity index (χ2n) is 5.06. The van der Waals surface area contributed by atoms with Gasteiger partial charge in [-0.1, -0.05) is 12.2 Å². The Labute approximate surface area is 123 Å². The fraction of sp³-hybridized carbons (Fsp3) is 0.312. The van der Waals surface area contributed by atoms with Gasteiger partial charge in [-0.3, -0.25) is 14.8 Å². The van der Waals surface area contributed by atoms with E-state index in [1.54, 1.807) is 24.9 Å². The van der Waals surface area contributed by atoms with Gasteiger partial charge in [0.2, 0.25) is 5.91 Å². The SMILES string of the molecule is O=C(NCc1nccnc1-c1ccoc1)[C@@H]1CC=CCC1. The van der Waals surface area contributed by atoms with Crippen LogP contribution in [0.15, 0.2) is 47.6 Å². The summed E-state index contributed by atoms with van der Waals surface area (Å²) in [5.41, 5.74) is 2.36. The number of hydrogen-bond acceptors (Lipinski definition) is 4. The van der Waals surface area contributed by atoms with Crippen molar-refractivity contribution in [3.8, 4) is 11.3 Å². The largest absolute Gasteiger partial charge is 0.472 e. The maximum atomic E-state index is 12.2. The predicted molar refractivity (Wildman–Crippen MR) is 78.1 cm³/mol. The van der Waals surface area contributed by atoms with Crippen LogP contribution in [0.2, 0.25) is 0 Å². The first-order valence-electron chi connectivity index (χ1n) is 7.10. The van der Waals surface area contributed by atoms with Crippen molar-refractivity contribution in [1.29, 1.82) is 0 Å². The minimum absolute atomic E-state index is 0.0732. The van der Waals surface area contributed by atoms with Crippen LogP contribution in [0.4, 0.5) is 0 Å². The summed E-state index contributed by atoms with van der Waals surface area (Å²) in [5.74, 6) is 0.159. The zero-order chi connectivity index (χ0) is 14.5. The van der Waals surface area contributed by atoms with E-state index in [9.17, 15) is 4.79 Å². The lowest BCUT2D eigenvalue weighted by atomic mass is 9.93. The van der Waals surface area contributed by atoms with Crippen molar-refractivity contribution in [3.63, 3.8) is 0 Å². The quantitative estimate of drug-likeness (QED) is 0.876. The third-order valence-corrected chi connectivity index (χ3v) is 3.64. The van der Waals surface area contributed by atoms with Gasteiger partial charge in [0.15, 0.2) is 0 Å². The Kier molecular flexibility index (Phi) is 4.09. The lowest BCUT2D eigenvalue weighted by molar-refractivity contribution is -0.125. The fourth-order valence-electron chi connectivity index (χ4n) is 2.48. The Bertz CT molecular complexity index is 635. The molecule has 0 fully saturated rings. The first-order valence-corrected chi connectivity index (χ1v) is 7.10. The van der Waals surface area contributed by atoms with Gasteiger partial charge in [-0.25, -0.2) is 0 Å². The van der Waals surface area contributed by atoms with E-state index in [4.69, 9.17) is 4.42 Å². The van der Waals surface area contributed by atoms with Crippen LogP contribution in [0.3, 0.4) is 0 Å². The number of allylic oxidation sites excluding steroid dienone is 2. The highest BCUT2D eigenvalue weighted by molar-refractivity contribution is 5.79. The molecule has 0 saturated carbocycles. The Balaban J connectivity index is 1.68. The topological polar surface area (TPSA) is 68.0 Å². The van der Waals surface area contributed by atoms with Gasteiger partial charge in [-0.05, 0) is 25.3 Å². The molecule has 1 aliphatic carbocycles. The molecule has 1 N–H and O–H groups in total. The molecule has 0 aliphatic heterocycles. The predicted octanol–water partition coefficient (Wildman–Crippen LogP) is 2.71. The number of nitrogens with zero attached hydrogens (tertiary/aromatic N) is 2. The van der Waals surface area contributed by atoms with Gasteiger partial charge in [-0.15, -0.1) is 0 Å². The maximum Gasteiger partial charge on any atom is 0.223 e. The minimum atomic E-state index is 0.0732. The van der Waals surface area contributed by atoms with Crippen molar-refractivity contribution >= 4 is 5.91 Å². The molecule has 1 aliphatic rings. The summed E-state index contributed by atoms with van der Waals surface area (Å²) < 4.78 is 5.08. The van der Waals surface area contributed by atoms with Gasteiger partial charge >= 0.3 is 0 Å². The summed E-state index contributed by atoms with van der Waals surface area (Å²) in [6.45, 7) is 0.382. The minimum Gasteiger partial charge on any atom is -0.472 e. The zero-order valence-corrected chi connectivity index (χ0v) is 11.7. The second kappa shape index (κ2) is 6.35. The van der Waals surface area contributed by atoms with Crippen LogP contribution < -0.4 is 5.32 Å². The Morgan fingerprint density at radius 1 is 1.33 bits per heavy atom. The van der Waals surface area contributed by atoms with Crippen molar-refractivity contribution in [2.24, 2.45) is 5.92 Å². The molecule has 2 aromatic rings. The highest BCUT2D eigenvalue weighted by atomic mass is 16.3. The Morgan fingerprint density at radius 2 is 2.24 bits per heavy atom. The van der Waals surface area contributed by atoms with Gasteiger partial charge in [0.05, 0.1) is 30.5 Å².